The van der Waals surface area contributed by atoms with Crippen molar-refractivity contribution in [3.63, 3.8) is 0 Å². The standard InChI is InChI=1S/C14H20N2O/c1-11-5-3-4-6-12(11)10-17-13-7-8-16-14(9-13)15-2/h3-4,7-9,11-12H,5-6,10H2,1-2H3,(H,15,16). The van der Waals surface area contributed by atoms with Crippen molar-refractivity contribution in [1.29, 1.82) is 0 Å². The van der Waals surface area contributed by atoms with Crippen LogP contribution in [0.3, 0.4) is 0 Å². The molecule has 0 radical (unpaired) electrons. The van der Waals surface area contributed by atoms with Gasteiger partial charge in [-0.15, -0.1) is 0 Å². The van der Waals surface area contributed by atoms with Crippen molar-refractivity contribution < 1.29 is 4.74 Å². The molecule has 2 atom stereocenters. The first kappa shape index (κ1) is 12.0. The van der Waals surface area contributed by atoms with Gasteiger partial charge in [0.25, 0.3) is 0 Å². The van der Waals surface area contributed by atoms with Crippen LogP contribution in [0.5, 0.6) is 5.75 Å². The number of allylic oxidation sites excluding steroid dienone is 2. The highest BCUT2D eigenvalue weighted by Gasteiger charge is 2.18. The summed E-state index contributed by atoms with van der Waals surface area (Å²) in [6.07, 6.45) is 8.61. The largest absolute Gasteiger partial charge is 0.493 e. The zero-order valence-electron chi connectivity index (χ0n) is 10.5. The molecule has 1 aliphatic rings. The molecule has 0 bridgehead atoms. The highest BCUT2D eigenvalue weighted by Crippen LogP contribution is 2.26. The van der Waals surface area contributed by atoms with Crippen LogP contribution < -0.4 is 10.1 Å². The highest BCUT2D eigenvalue weighted by molar-refractivity contribution is 5.39. The van der Waals surface area contributed by atoms with Gasteiger partial charge in [-0.3, -0.25) is 0 Å². The van der Waals surface area contributed by atoms with Crippen molar-refractivity contribution in [3.05, 3.63) is 30.5 Å². The minimum Gasteiger partial charge on any atom is -0.493 e. The van der Waals surface area contributed by atoms with Gasteiger partial charge in [0.15, 0.2) is 0 Å². The Morgan fingerprint density at radius 2 is 2.24 bits per heavy atom. The minimum atomic E-state index is 0.631. The normalized spacial score (nSPS) is 23.4. The fourth-order valence-electron chi connectivity index (χ4n) is 2.08. The topological polar surface area (TPSA) is 34.1 Å². The van der Waals surface area contributed by atoms with Crippen LogP contribution in [0, 0.1) is 11.8 Å². The van der Waals surface area contributed by atoms with Gasteiger partial charge >= 0.3 is 0 Å². The smallest absolute Gasteiger partial charge is 0.129 e. The van der Waals surface area contributed by atoms with Gasteiger partial charge in [-0.2, -0.15) is 0 Å². The first-order valence-corrected chi connectivity index (χ1v) is 6.21. The number of rotatable bonds is 4. The molecule has 0 aliphatic heterocycles. The SMILES string of the molecule is CNc1cc(OCC2CC=CCC2C)ccn1. The van der Waals surface area contributed by atoms with Crippen molar-refractivity contribution >= 4 is 5.82 Å². The second-order valence-corrected chi connectivity index (χ2v) is 4.62. The van der Waals surface area contributed by atoms with E-state index < -0.39 is 0 Å². The van der Waals surface area contributed by atoms with E-state index in [9.17, 15) is 0 Å². The molecule has 3 nitrogen and oxygen atoms in total. The highest BCUT2D eigenvalue weighted by atomic mass is 16.5. The zero-order valence-corrected chi connectivity index (χ0v) is 10.5. The van der Waals surface area contributed by atoms with Gasteiger partial charge in [0.1, 0.15) is 11.6 Å². The van der Waals surface area contributed by atoms with E-state index >= 15 is 0 Å². The van der Waals surface area contributed by atoms with E-state index in [1.807, 2.05) is 19.2 Å². The predicted octanol–water partition coefficient (Wildman–Crippen LogP) is 3.10. The van der Waals surface area contributed by atoms with E-state index in [1.165, 1.54) is 6.42 Å². The predicted molar refractivity (Wildman–Crippen MR) is 70.3 cm³/mol. The van der Waals surface area contributed by atoms with E-state index in [-0.39, 0.29) is 0 Å². The molecule has 17 heavy (non-hydrogen) atoms. The second-order valence-electron chi connectivity index (χ2n) is 4.62. The maximum Gasteiger partial charge on any atom is 0.129 e. The molecule has 92 valence electrons. The molecule has 2 unspecified atom stereocenters. The summed E-state index contributed by atoms with van der Waals surface area (Å²) in [5, 5.41) is 3.01. The summed E-state index contributed by atoms with van der Waals surface area (Å²) >= 11 is 0. The first-order valence-electron chi connectivity index (χ1n) is 6.21. The number of pyridine rings is 1. The van der Waals surface area contributed by atoms with Crippen molar-refractivity contribution in [3.8, 4) is 5.75 Å². The Morgan fingerprint density at radius 3 is 3.00 bits per heavy atom. The first-order chi connectivity index (χ1) is 8.29. The van der Waals surface area contributed by atoms with Crippen LogP contribution in [0.25, 0.3) is 0 Å². The van der Waals surface area contributed by atoms with Gasteiger partial charge in [0.05, 0.1) is 6.61 Å². The van der Waals surface area contributed by atoms with Crippen LogP contribution in [-0.4, -0.2) is 18.6 Å². The minimum absolute atomic E-state index is 0.631. The molecule has 1 aromatic heterocycles. The molecule has 1 heterocycles. The Bertz CT molecular complexity index is 390. The third-order valence-corrected chi connectivity index (χ3v) is 3.37. The summed E-state index contributed by atoms with van der Waals surface area (Å²) in [6, 6.07) is 3.84. The van der Waals surface area contributed by atoms with Crippen molar-refractivity contribution in [1.82, 2.24) is 4.98 Å². The molecule has 2 rings (SSSR count). The summed E-state index contributed by atoms with van der Waals surface area (Å²) in [5.74, 6) is 3.09. The van der Waals surface area contributed by atoms with Gasteiger partial charge < -0.3 is 10.1 Å². The molecular weight excluding hydrogens is 212 g/mol. The van der Waals surface area contributed by atoms with Gasteiger partial charge in [-0.25, -0.2) is 4.98 Å². The van der Waals surface area contributed by atoms with E-state index in [2.05, 4.69) is 29.4 Å². The Labute approximate surface area is 103 Å². The van der Waals surface area contributed by atoms with Crippen molar-refractivity contribution in [2.45, 2.75) is 19.8 Å². The number of nitrogens with zero attached hydrogens (tertiary/aromatic N) is 1. The summed E-state index contributed by atoms with van der Waals surface area (Å²) in [4.78, 5) is 4.17. The van der Waals surface area contributed by atoms with E-state index in [0.717, 1.165) is 24.6 Å². The average molecular weight is 232 g/mol. The van der Waals surface area contributed by atoms with Gasteiger partial charge in [-0.1, -0.05) is 19.1 Å². The lowest BCUT2D eigenvalue weighted by Crippen LogP contribution is -2.21. The Hall–Kier alpha value is -1.51. The Morgan fingerprint density at radius 1 is 1.41 bits per heavy atom. The third kappa shape index (κ3) is 3.22. The maximum atomic E-state index is 5.84. The van der Waals surface area contributed by atoms with Crippen molar-refractivity contribution in [2.24, 2.45) is 11.8 Å². The van der Waals surface area contributed by atoms with Gasteiger partial charge in [0.2, 0.25) is 0 Å². The fourth-order valence-corrected chi connectivity index (χ4v) is 2.08. The monoisotopic (exact) mass is 232 g/mol. The van der Waals surface area contributed by atoms with E-state index in [1.54, 1.807) is 6.20 Å². The molecule has 0 saturated carbocycles. The quantitative estimate of drug-likeness (QED) is 0.810. The van der Waals surface area contributed by atoms with Crippen LogP contribution in [0.15, 0.2) is 30.5 Å². The van der Waals surface area contributed by atoms with Gasteiger partial charge in [-0.05, 0) is 30.7 Å². The number of hydrogen-bond acceptors (Lipinski definition) is 3. The van der Waals surface area contributed by atoms with Crippen LogP contribution in [0.1, 0.15) is 19.8 Å². The average Bonchev–Trinajstić information content (AvgIpc) is 2.38. The molecule has 0 amide bonds. The summed E-state index contributed by atoms with van der Waals surface area (Å²) < 4.78 is 5.84. The number of anilines is 1. The molecule has 1 aromatic rings. The van der Waals surface area contributed by atoms with Crippen molar-refractivity contribution in [2.75, 3.05) is 19.0 Å². The van der Waals surface area contributed by atoms with Crippen LogP contribution >= 0.6 is 0 Å². The second kappa shape index (κ2) is 5.71. The molecule has 1 N–H and O–H groups in total. The van der Waals surface area contributed by atoms with Crippen LogP contribution in [-0.2, 0) is 0 Å². The lowest BCUT2D eigenvalue weighted by atomic mass is 9.85. The molecular formula is C14H20N2O. The number of aromatic nitrogens is 1. The lowest BCUT2D eigenvalue weighted by Gasteiger charge is -2.25. The molecule has 0 aromatic carbocycles. The Balaban J connectivity index is 1.90. The van der Waals surface area contributed by atoms with Gasteiger partial charge in [0, 0.05) is 19.3 Å². The van der Waals surface area contributed by atoms with Crippen LogP contribution in [0.2, 0.25) is 0 Å². The van der Waals surface area contributed by atoms with E-state index in [0.29, 0.717) is 11.8 Å². The summed E-state index contributed by atoms with van der Waals surface area (Å²) in [5.41, 5.74) is 0. The molecule has 0 spiro atoms. The molecule has 3 heteroatoms. The Kier molecular flexibility index (Phi) is 4.02. The molecule has 0 fully saturated rings. The summed E-state index contributed by atoms with van der Waals surface area (Å²) in [6.45, 7) is 3.09. The molecule has 0 saturated heterocycles. The number of nitrogens with one attached hydrogen (secondary N) is 1. The van der Waals surface area contributed by atoms with Crippen LogP contribution in [0.4, 0.5) is 5.82 Å². The third-order valence-electron chi connectivity index (χ3n) is 3.37. The maximum absolute atomic E-state index is 5.84. The van der Waals surface area contributed by atoms with E-state index in [4.69, 9.17) is 4.74 Å². The zero-order chi connectivity index (χ0) is 12.1. The fraction of sp³-hybridized carbons (Fsp3) is 0.500. The number of ether oxygens (including phenoxy) is 1. The number of hydrogen-bond donors (Lipinski definition) is 1. The molecule has 1 aliphatic carbocycles. The lowest BCUT2D eigenvalue weighted by molar-refractivity contribution is 0.198. The summed E-state index contributed by atoms with van der Waals surface area (Å²) in [7, 11) is 1.86.